The van der Waals surface area contributed by atoms with Crippen LogP contribution in [0.2, 0.25) is 5.02 Å². The molecule has 0 spiro atoms. The van der Waals surface area contributed by atoms with Crippen LogP contribution in [0, 0.1) is 5.92 Å². The highest BCUT2D eigenvalue weighted by atomic mass is 35.5. The van der Waals surface area contributed by atoms with Gasteiger partial charge in [0.15, 0.2) is 0 Å². The van der Waals surface area contributed by atoms with E-state index in [4.69, 9.17) is 16.3 Å². The molecule has 8 heteroatoms. The number of sulfonamides is 1. The Bertz CT molecular complexity index is 1240. The van der Waals surface area contributed by atoms with E-state index in [1.165, 1.54) is 29.6 Å². The first kappa shape index (κ1) is 22.6. The highest BCUT2D eigenvalue weighted by Gasteiger charge is 2.33. The van der Waals surface area contributed by atoms with Crippen molar-refractivity contribution in [3.63, 3.8) is 0 Å². The molecule has 0 aliphatic carbocycles. The Morgan fingerprint density at radius 2 is 1.94 bits per heavy atom. The molecule has 1 N–H and O–H groups in total. The molecule has 3 aromatic carbocycles. The molecule has 1 aliphatic rings. The zero-order chi connectivity index (χ0) is 22.7. The van der Waals surface area contributed by atoms with E-state index in [0.717, 1.165) is 16.3 Å². The van der Waals surface area contributed by atoms with E-state index < -0.39 is 15.9 Å². The average Bonchev–Trinajstić information content (AvgIpc) is 2.82. The van der Waals surface area contributed by atoms with Gasteiger partial charge in [-0.05, 0) is 47.4 Å². The van der Waals surface area contributed by atoms with E-state index in [0.29, 0.717) is 31.7 Å². The lowest BCUT2D eigenvalue weighted by Gasteiger charge is -2.31. The number of methoxy groups -OCH3 is 1. The summed E-state index contributed by atoms with van der Waals surface area (Å²) < 4.78 is 32.7. The fraction of sp³-hybridized carbons (Fsp3) is 0.292. The van der Waals surface area contributed by atoms with Gasteiger partial charge in [-0.15, -0.1) is 0 Å². The number of hydrogen-bond acceptors (Lipinski definition) is 4. The molecule has 32 heavy (non-hydrogen) atoms. The second-order valence-electron chi connectivity index (χ2n) is 7.85. The first-order valence-electron chi connectivity index (χ1n) is 10.5. The molecule has 168 valence electrons. The maximum Gasteiger partial charge on any atom is 0.243 e. The third kappa shape index (κ3) is 4.60. The van der Waals surface area contributed by atoms with Crippen LogP contribution in [0.4, 0.5) is 0 Å². The van der Waals surface area contributed by atoms with Crippen molar-refractivity contribution >= 4 is 38.3 Å². The van der Waals surface area contributed by atoms with Crippen molar-refractivity contribution in [2.75, 3.05) is 20.2 Å². The van der Waals surface area contributed by atoms with Crippen LogP contribution < -0.4 is 10.1 Å². The lowest BCUT2D eigenvalue weighted by atomic mass is 9.98. The zero-order valence-corrected chi connectivity index (χ0v) is 19.3. The van der Waals surface area contributed by atoms with Gasteiger partial charge in [0.05, 0.1) is 22.9 Å². The number of piperidine rings is 1. The van der Waals surface area contributed by atoms with Crippen LogP contribution in [0.5, 0.6) is 5.75 Å². The number of carbonyl (C=O) groups is 1. The van der Waals surface area contributed by atoms with E-state index in [1.54, 1.807) is 0 Å². The summed E-state index contributed by atoms with van der Waals surface area (Å²) in [5.74, 6) is -0.122. The van der Waals surface area contributed by atoms with Crippen LogP contribution in [0.15, 0.2) is 65.6 Å². The van der Waals surface area contributed by atoms with Gasteiger partial charge >= 0.3 is 0 Å². The number of halogens is 1. The van der Waals surface area contributed by atoms with Gasteiger partial charge in [-0.25, -0.2) is 8.42 Å². The number of ether oxygens (including phenoxy) is 1. The molecule has 6 nitrogen and oxygen atoms in total. The minimum Gasteiger partial charge on any atom is -0.495 e. The van der Waals surface area contributed by atoms with Crippen LogP contribution in [-0.2, 0) is 21.4 Å². The number of nitrogens with one attached hydrogen (secondary N) is 1. The molecule has 4 rings (SSSR count). The fourth-order valence-electron chi connectivity index (χ4n) is 4.10. The van der Waals surface area contributed by atoms with Crippen molar-refractivity contribution < 1.29 is 17.9 Å². The molecule has 0 radical (unpaired) electrons. The highest BCUT2D eigenvalue weighted by Crippen LogP contribution is 2.30. The third-order valence-corrected chi connectivity index (χ3v) is 8.01. The Morgan fingerprint density at radius 1 is 1.16 bits per heavy atom. The van der Waals surface area contributed by atoms with Gasteiger partial charge < -0.3 is 10.1 Å². The van der Waals surface area contributed by atoms with Crippen molar-refractivity contribution in [2.24, 2.45) is 5.92 Å². The molecule has 1 amide bonds. The van der Waals surface area contributed by atoms with E-state index in [9.17, 15) is 13.2 Å². The largest absolute Gasteiger partial charge is 0.495 e. The molecular formula is C24H25ClN2O4S. The predicted molar refractivity (Wildman–Crippen MR) is 125 cm³/mol. The minimum atomic E-state index is -3.76. The van der Waals surface area contributed by atoms with Crippen molar-refractivity contribution in [1.82, 2.24) is 9.62 Å². The van der Waals surface area contributed by atoms with Gasteiger partial charge in [-0.2, -0.15) is 4.31 Å². The van der Waals surface area contributed by atoms with Crippen molar-refractivity contribution in [2.45, 2.75) is 24.3 Å². The zero-order valence-electron chi connectivity index (χ0n) is 17.8. The SMILES string of the molecule is COc1ccc(S(=O)(=O)N2CCC[C@H](C(=O)NCc3cccc4ccccc34)C2)cc1Cl. The van der Waals surface area contributed by atoms with Gasteiger partial charge in [0.1, 0.15) is 5.75 Å². The molecule has 0 aromatic heterocycles. The van der Waals surface area contributed by atoms with E-state index >= 15 is 0 Å². The van der Waals surface area contributed by atoms with Crippen LogP contribution in [0.25, 0.3) is 10.8 Å². The normalized spacial score (nSPS) is 17.2. The topological polar surface area (TPSA) is 75.7 Å². The molecule has 1 heterocycles. The van der Waals surface area contributed by atoms with Gasteiger partial charge in [0.25, 0.3) is 0 Å². The summed E-state index contributed by atoms with van der Waals surface area (Å²) in [6, 6.07) is 18.4. The monoisotopic (exact) mass is 472 g/mol. The maximum absolute atomic E-state index is 13.1. The van der Waals surface area contributed by atoms with E-state index in [1.807, 2.05) is 42.5 Å². The summed E-state index contributed by atoms with van der Waals surface area (Å²) in [5, 5.41) is 5.44. The molecule has 1 aliphatic heterocycles. The second kappa shape index (κ2) is 9.48. The lowest BCUT2D eigenvalue weighted by molar-refractivity contribution is -0.126. The standard InChI is InChI=1S/C24H25ClN2O4S/c1-31-23-12-11-20(14-22(23)25)32(29,30)27-13-5-9-19(16-27)24(28)26-15-18-8-4-7-17-6-2-3-10-21(17)18/h2-4,6-8,10-12,14,19H,5,9,13,15-16H2,1H3,(H,26,28)/t19-/m0/s1. The minimum absolute atomic E-state index is 0.0973. The Labute approximate surface area is 193 Å². The lowest BCUT2D eigenvalue weighted by Crippen LogP contribution is -2.45. The molecule has 1 atom stereocenters. The Balaban J connectivity index is 1.45. The van der Waals surface area contributed by atoms with Crippen LogP contribution >= 0.6 is 11.6 Å². The molecule has 0 unspecified atom stereocenters. The van der Waals surface area contributed by atoms with Gasteiger partial charge in [0, 0.05) is 19.6 Å². The van der Waals surface area contributed by atoms with Crippen LogP contribution in [0.3, 0.4) is 0 Å². The molecule has 1 fully saturated rings. The summed E-state index contributed by atoms with van der Waals surface area (Å²) >= 11 is 6.12. The highest BCUT2D eigenvalue weighted by molar-refractivity contribution is 7.89. The summed E-state index contributed by atoms with van der Waals surface area (Å²) in [6.45, 7) is 0.921. The summed E-state index contributed by atoms with van der Waals surface area (Å²) in [6.07, 6.45) is 1.27. The molecule has 0 bridgehead atoms. The van der Waals surface area contributed by atoms with E-state index in [-0.39, 0.29) is 22.4 Å². The number of amides is 1. The number of nitrogens with zero attached hydrogens (tertiary/aromatic N) is 1. The van der Waals surface area contributed by atoms with Gasteiger partial charge in [0.2, 0.25) is 15.9 Å². The molecule has 0 saturated carbocycles. The second-order valence-corrected chi connectivity index (χ2v) is 10.2. The smallest absolute Gasteiger partial charge is 0.243 e. The van der Waals surface area contributed by atoms with E-state index in [2.05, 4.69) is 5.32 Å². The fourth-order valence-corrected chi connectivity index (χ4v) is 5.98. The van der Waals surface area contributed by atoms with Crippen LogP contribution in [-0.4, -0.2) is 38.8 Å². The van der Waals surface area contributed by atoms with Gasteiger partial charge in [-0.1, -0.05) is 54.1 Å². The number of benzene rings is 3. The quantitative estimate of drug-likeness (QED) is 0.582. The Kier molecular flexibility index (Phi) is 6.69. The predicted octanol–water partition coefficient (Wildman–Crippen LogP) is 4.22. The molecule has 1 saturated heterocycles. The summed E-state index contributed by atoms with van der Waals surface area (Å²) in [7, 11) is -2.28. The van der Waals surface area contributed by atoms with Gasteiger partial charge in [-0.3, -0.25) is 4.79 Å². The number of hydrogen-bond donors (Lipinski definition) is 1. The third-order valence-electron chi connectivity index (χ3n) is 5.85. The van der Waals surface area contributed by atoms with Crippen molar-refractivity contribution in [1.29, 1.82) is 0 Å². The first-order chi connectivity index (χ1) is 15.4. The molecular weight excluding hydrogens is 448 g/mol. The van der Waals surface area contributed by atoms with Crippen molar-refractivity contribution in [3.8, 4) is 5.75 Å². The Hall–Kier alpha value is -2.61. The molecule has 3 aromatic rings. The number of rotatable bonds is 6. The summed E-state index contributed by atoms with van der Waals surface area (Å²) in [5.41, 5.74) is 1.03. The number of carbonyl (C=O) groups excluding carboxylic acids is 1. The van der Waals surface area contributed by atoms with Crippen LogP contribution in [0.1, 0.15) is 18.4 Å². The van der Waals surface area contributed by atoms with Crippen molar-refractivity contribution in [3.05, 3.63) is 71.2 Å². The number of fused-ring (bicyclic) bond motifs is 1. The maximum atomic E-state index is 13.1. The Morgan fingerprint density at radius 3 is 2.72 bits per heavy atom. The average molecular weight is 473 g/mol. The first-order valence-corrected chi connectivity index (χ1v) is 12.3. The summed E-state index contributed by atoms with van der Waals surface area (Å²) in [4.78, 5) is 13.0.